The summed E-state index contributed by atoms with van der Waals surface area (Å²) >= 11 is 0. The summed E-state index contributed by atoms with van der Waals surface area (Å²) < 4.78 is 130. The van der Waals surface area contributed by atoms with Crippen molar-refractivity contribution < 1.29 is 56.5 Å². The molecule has 5 aromatic rings. The molecule has 18 nitrogen and oxygen atoms in total. The summed E-state index contributed by atoms with van der Waals surface area (Å²) in [6, 6.07) is 31.0. The minimum atomic E-state index is -4.26. The van der Waals surface area contributed by atoms with Crippen LogP contribution in [0.25, 0.3) is 0 Å². The zero-order valence-corrected chi connectivity index (χ0v) is 67.2. The number of sulfonamides is 4. The number of nitrogens with zero attached hydrogens (tertiary/aromatic N) is 4. The number of carbonyl (C=O) groups is 3. The lowest BCUT2D eigenvalue weighted by atomic mass is 9.88. The molecule has 2 aliphatic heterocycles. The lowest BCUT2D eigenvalue weighted by Gasteiger charge is -2.37. The topological polar surface area (TPSA) is 261 Å². The Hall–Kier alpha value is -5.85. The van der Waals surface area contributed by atoms with Gasteiger partial charge in [0.2, 0.25) is 49.1 Å². The van der Waals surface area contributed by atoms with Gasteiger partial charge in [0.25, 0.3) is 0 Å². The smallest absolute Gasteiger partial charge is 0.248 e. The number of hydrogen-bond acceptors (Lipinski definition) is 16. The lowest BCUT2D eigenvalue weighted by Crippen LogP contribution is -2.43. The van der Waals surface area contributed by atoms with Crippen LogP contribution < -0.4 is 23.0 Å². The molecule has 5 aromatic carbocycles. The molecule has 0 radical (unpaired) electrons. The molecular formula is C77H114ClN5O13S5. The fourth-order valence-corrected chi connectivity index (χ4v) is 21.8. The second-order valence-electron chi connectivity index (χ2n) is 29.7. The number of fused-ring (bicyclic) bond motifs is 3. The van der Waals surface area contributed by atoms with Gasteiger partial charge in [-0.05, 0) is 185 Å². The molecule has 3 aliphatic rings. The van der Waals surface area contributed by atoms with Crippen LogP contribution >= 0.6 is 10.7 Å². The van der Waals surface area contributed by atoms with Crippen LogP contribution in [0.5, 0.6) is 0 Å². The minimum Gasteiger partial charge on any atom is -0.397 e. The van der Waals surface area contributed by atoms with Crippen LogP contribution in [0, 0.1) is 23.7 Å². The van der Waals surface area contributed by atoms with Gasteiger partial charge in [-0.1, -0.05) is 156 Å². The number of carbonyl (C=O) groups excluding carboxylic acids is 3. The average molecular weight is 1510 g/mol. The summed E-state index contributed by atoms with van der Waals surface area (Å²) in [7, 11) is -15.2. The van der Waals surface area contributed by atoms with Gasteiger partial charge in [-0.25, -0.2) is 42.1 Å². The summed E-state index contributed by atoms with van der Waals surface area (Å²) in [5.74, 6) is -2.13. The van der Waals surface area contributed by atoms with Crippen molar-refractivity contribution in [2.45, 2.75) is 224 Å². The summed E-state index contributed by atoms with van der Waals surface area (Å²) in [6.07, 6.45) is 13.2. The maximum Gasteiger partial charge on any atom is 0.248 e. The predicted molar refractivity (Wildman–Crippen MR) is 418 cm³/mol. The van der Waals surface area contributed by atoms with Gasteiger partial charge in [0, 0.05) is 72.8 Å². The SMILES string of the molecule is CC(C)(C)S(=O)(=O)Cl.CCCCC(=O)c1cc(N)c2c(c1)CCCN2Cc1ccccc1.CCCCC(=O)c1cc2c(c(N(S(=O)(=O)CC(C)C)S(=O)(=O)CC(C)C)c1)CCCC2.CCCCC(=O)c1cc2c(c(N(S(=O)(=O)CC(C)C)S(=O)(=O)CC(C)C)c1)N(Cc1ccccc1)CCC2. The molecule has 0 saturated heterocycles. The molecule has 0 saturated carbocycles. The average Bonchev–Trinajstić information content (AvgIpc) is 0.740. The van der Waals surface area contributed by atoms with Gasteiger partial charge in [0.1, 0.15) is 0 Å². The number of Topliss-reactive ketones (excluding diaryl/α,β-unsaturated/α-hetero) is 3. The van der Waals surface area contributed by atoms with Gasteiger partial charge >= 0.3 is 0 Å². The first-order chi connectivity index (χ1) is 47.2. The van der Waals surface area contributed by atoms with Crippen molar-refractivity contribution in [3.05, 3.63) is 147 Å². The molecule has 1 aliphatic carbocycles. The number of halogens is 1. The molecule has 101 heavy (non-hydrogen) atoms. The third-order valence-electron chi connectivity index (χ3n) is 17.2. The van der Waals surface area contributed by atoms with Gasteiger partial charge in [-0.2, -0.15) is 7.42 Å². The van der Waals surface area contributed by atoms with E-state index in [9.17, 15) is 56.5 Å². The van der Waals surface area contributed by atoms with E-state index in [1.807, 2.05) is 68.4 Å². The van der Waals surface area contributed by atoms with E-state index in [0.29, 0.717) is 75.8 Å². The molecule has 2 heterocycles. The third kappa shape index (κ3) is 25.2. The first-order valence-electron chi connectivity index (χ1n) is 36.1. The molecular weight excluding hydrogens is 1400 g/mol. The standard InChI is InChI=1S/C29H42N2O5S2.C23H37NO5S2.C21H26N2O.C4H9ClO2S/c1-6-7-15-28(32)26-17-25-14-11-16-30(19-24-12-9-8-10-13-24)29(25)27(18-26)31(37(33,34)20-22(2)3)38(35,36)21-23(4)5;1-6-7-12-23(25)20-13-19-10-8-9-11-21(19)22(14-20)24(30(26,27)15-17(2)3)31(28,29)16-18(4)5;1-2-3-11-20(24)18-13-17-10-7-12-23(21(17)19(22)14-18)15-16-8-5-4-6-9-16;1-4(2,3)8(5,6)7/h8-10,12-13,17-18,22-23H,6-7,11,14-16,19-21H2,1-5H3;13-14,17-18H,6-12,15-16H2,1-5H3;4-6,8-9,13-14H,2-3,7,10-12,15,22H2,1H3;1-3H3. The summed E-state index contributed by atoms with van der Waals surface area (Å²) in [5, 5.41) is 0. The monoisotopic (exact) mass is 1510 g/mol. The Bertz CT molecular complexity index is 4100. The summed E-state index contributed by atoms with van der Waals surface area (Å²) in [4.78, 5) is 42.7. The molecule has 0 aromatic heterocycles. The van der Waals surface area contributed by atoms with E-state index in [0.717, 1.165) is 123 Å². The van der Waals surface area contributed by atoms with Crippen molar-refractivity contribution in [3.8, 4) is 0 Å². The predicted octanol–water partition coefficient (Wildman–Crippen LogP) is 16.5. The van der Waals surface area contributed by atoms with Crippen LogP contribution in [0.3, 0.4) is 0 Å². The van der Waals surface area contributed by atoms with Crippen LogP contribution in [-0.2, 0) is 87.9 Å². The van der Waals surface area contributed by atoms with Crippen LogP contribution in [-0.4, -0.2) is 100 Å². The number of nitrogen functional groups attached to an aromatic ring is 1. The van der Waals surface area contributed by atoms with Crippen molar-refractivity contribution >= 4 is 106 Å². The second-order valence-corrected chi connectivity index (χ2v) is 40.9. The Morgan fingerprint density at radius 2 is 0.772 bits per heavy atom. The fourth-order valence-electron chi connectivity index (χ4n) is 12.6. The highest BCUT2D eigenvalue weighted by molar-refractivity contribution is 8.14. The van der Waals surface area contributed by atoms with E-state index in [-0.39, 0.29) is 75.4 Å². The number of aryl methyl sites for hydroxylation is 3. The maximum atomic E-state index is 13.8. The van der Waals surface area contributed by atoms with Crippen LogP contribution in [0.1, 0.15) is 245 Å². The fraction of sp³-hybridized carbons (Fsp3) is 0.571. The molecule has 0 atom stereocenters. The lowest BCUT2D eigenvalue weighted by molar-refractivity contribution is 0.0971. The van der Waals surface area contributed by atoms with Crippen LogP contribution in [0.15, 0.2) is 97.1 Å². The largest absolute Gasteiger partial charge is 0.397 e. The van der Waals surface area contributed by atoms with Crippen molar-refractivity contribution in [1.82, 2.24) is 0 Å². The van der Waals surface area contributed by atoms with Crippen LogP contribution in [0.4, 0.5) is 28.4 Å². The Morgan fingerprint density at radius 1 is 0.455 bits per heavy atom. The highest BCUT2D eigenvalue weighted by Gasteiger charge is 2.41. The number of unbranched alkanes of at least 4 members (excludes halogenated alkanes) is 3. The Labute approximate surface area is 611 Å². The molecule has 24 heteroatoms. The molecule has 8 rings (SSSR count). The Balaban J connectivity index is 0.000000263. The van der Waals surface area contributed by atoms with Gasteiger partial charge < -0.3 is 15.5 Å². The first-order valence-corrected chi connectivity index (χ1v) is 44.8. The number of anilines is 5. The zero-order chi connectivity index (χ0) is 75.4. The molecule has 0 bridgehead atoms. The molecule has 0 fully saturated rings. The van der Waals surface area contributed by atoms with E-state index in [1.54, 1.807) is 76.2 Å². The van der Waals surface area contributed by atoms with E-state index in [1.165, 1.54) is 23.3 Å². The number of nitrogens with two attached hydrogens (primary N) is 1. The zero-order valence-electron chi connectivity index (χ0n) is 62.3. The molecule has 562 valence electrons. The number of hydrogen-bond donors (Lipinski definition) is 1. The molecule has 0 amide bonds. The van der Waals surface area contributed by atoms with Gasteiger partial charge in [0.05, 0.1) is 56.2 Å². The number of rotatable bonds is 30. The van der Waals surface area contributed by atoms with E-state index in [2.05, 4.69) is 47.1 Å². The summed E-state index contributed by atoms with van der Waals surface area (Å²) in [6.45, 7) is 27.8. The Morgan fingerprint density at radius 3 is 1.14 bits per heavy atom. The molecule has 0 unspecified atom stereocenters. The van der Waals surface area contributed by atoms with Crippen molar-refractivity contribution in [2.24, 2.45) is 23.7 Å². The first kappa shape index (κ1) is 85.8. The van der Waals surface area contributed by atoms with Crippen molar-refractivity contribution in [3.63, 3.8) is 0 Å². The van der Waals surface area contributed by atoms with Gasteiger partial charge in [0.15, 0.2) is 17.3 Å². The maximum absolute atomic E-state index is 13.8. The minimum absolute atomic E-state index is 0.0704. The van der Waals surface area contributed by atoms with E-state index < -0.39 is 53.9 Å². The number of benzene rings is 5. The van der Waals surface area contributed by atoms with Gasteiger partial charge in [-0.15, -0.1) is 0 Å². The van der Waals surface area contributed by atoms with E-state index in [4.69, 9.17) is 16.4 Å². The van der Waals surface area contributed by atoms with Crippen molar-refractivity contribution in [2.75, 3.05) is 59.1 Å². The number of ketones is 3. The van der Waals surface area contributed by atoms with Crippen molar-refractivity contribution in [1.29, 1.82) is 0 Å². The quantitative estimate of drug-likeness (QED) is 0.0254. The second kappa shape index (κ2) is 38.2. The highest BCUT2D eigenvalue weighted by Crippen LogP contribution is 2.43. The normalized spacial score (nSPS) is 14.2. The van der Waals surface area contributed by atoms with E-state index >= 15 is 0 Å². The molecule has 2 N–H and O–H groups in total. The molecule has 0 spiro atoms. The third-order valence-corrected chi connectivity index (χ3v) is 29.9. The Kier molecular flexibility index (Phi) is 32.5. The van der Waals surface area contributed by atoms with Gasteiger partial charge in [-0.3, -0.25) is 14.4 Å². The van der Waals surface area contributed by atoms with Crippen LogP contribution in [0.2, 0.25) is 0 Å². The summed E-state index contributed by atoms with van der Waals surface area (Å²) in [5.41, 5.74) is 16.6. The highest BCUT2D eigenvalue weighted by atomic mass is 35.7.